The smallest absolute Gasteiger partial charge is 0.290 e. The number of rotatable bonds is 13. The zero-order chi connectivity index (χ0) is 29.4. The van der Waals surface area contributed by atoms with Gasteiger partial charge in [-0.15, -0.1) is 0 Å². The summed E-state index contributed by atoms with van der Waals surface area (Å²) in [7, 11) is 5.16. The van der Waals surface area contributed by atoms with E-state index in [-0.39, 0.29) is 48.1 Å². The fourth-order valence-corrected chi connectivity index (χ4v) is 4.92. The van der Waals surface area contributed by atoms with Crippen molar-refractivity contribution in [2.45, 2.75) is 39.4 Å². The Balaban J connectivity index is 1.76. The molecule has 0 aliphatic rings. The average molecular weight is 570 g/mol. The molecule has 0 aliphatic heterocycles. The molecule has 1 N–H and O–H groups in total. The highest BCUT2D eigenvalue weighted by molar-refractivity contribution is 6.88. The van der Waals surface area contributed by atoms with Crippen LogP contribution in [-0.2, 0) is 16.0 Å². The van der Waals surface area contributed by atoms with Gasteiger partial charge in [0.15, 0.2) is 5.69 Å². The van der Waals surface area contributed by atoms with Crippen molar-refractivity contribution in [2.24, 2.45) is 0 Å². The maximum atomic E-state index is 12.9. The second-order valence-corrected chi connectivity index (χ2v) is 15.5. The number of methoxy groups -OCH3 is 2. The summed E-state index contributed by atoms with van der Waals surface area (Å²) >= 11 is 0. The maximum Gasteiger partial charge on any atom is 0.290 e. The molecule has 2 aromatic heterocycles. The van der Waals surface area contributed by atoms with Crippen molar-refractivity contribution >= 4 is 36.7 Å². The summed E-state index contributed by atoms with van der Waals surface area (Å²) in [5, 5.41) is 4.02. The Morgan fingerprint density at radius 3 is 2.25 bits per heavy atom. The summed E-state index contributed by atoms with van der Waals surface area (Å²) in [6.07, 6.45) is 0.203. The number of hydrogen-bond donors (Lipinski definition) is 1. The number of nitrogens with zero attached hydrogens (tertiary/aromatic N) is 4. The van der Waals surface area contributed by atoms with Crippen LogP contribution in [-0.4, -0.2) is 76.2 Å². The molecule has 0 unspecified atom stereocenters. The van der Waals surface area contributed by atoms with E-state index in [1.54, 1.807) is 19.1 Å². The lowest BCUT2D eigenvalue weighted by atomic mass is 10.3. The Bertz CT molecular complexity index is 1300. The molecule has 0 saturated carbocycles. The first-order valence-corrected chi connectivity index (χ1v) is 16.6. The van der Waals surface area contributed by atoms with Crippen molar-refractivity contribution in [3.8, 4) is 23.5 Å². The van der Waals surface area contributed by atoms with Crippen molar-refractivity contribution in [2.75, 3.05) is 51.6 Å². The van der Waals surface area contributed by atoms with Crippen LogP contribution in [0.3, 0.4) is 0 Å². The lowest BCUT2D eigenvalue weighted by molar-refractivity contribution is -0.118. The summed E-state index contributed by atoms with van der Waals surface area (Å²) < 4.78 is 22.5. The second kappa shape index (κ2) is 13.4. The summed E-state index contributed by atoms with van der Waals surface area (Å²) in [6.45, 7) is 9.56. The van der Waals surface area contributed by atoms with Gasteiger partial charge < -0.3 is 28.8 Å². The van der Waals surface area contributed by atoms with Crippen LogP contribution in [0.2, 0.25) is 19.6 Å². The fraction of sp³-hybridized carbons (Fsp3) is 0.429. The minimum absolute atomic E-state index is 0.0692. The van der Waals surface area contributed by atoms with Crippen LogP contribution in [0.4, 0.5) is 11.6 Å². The number of nitrogens with one attached hydrogen (secondary N) is 1. The van der Waals surface area contributed by atoms with E-state index in [1.807, 2.05) is 37.2 Å². The molecule has 0 spiro atoms. The maximum absolute atomic E-state index is 12.9. The van der Waals surface area contributed by atoms with Crippen molar-refractivity contribution in [1.29, 1.82) is 0 Å². The zero-order valence-corrected chi connectivity index (χ0v) is 25.5. The van der Waals surface area contributed by atoms with Gasteiger partial charge in [0.25, 0.3) is 5.95 Å². The molecule has 216 valence electrons. The van der Waals surface area contributed by atoms with Gasteiger partial charge in [-0.25, -0.2) is 0 Å². The van der Waals surface area contributed by atoms with Gasteiger partial charge in [-0.2, -0.15) is 9.97 Å². The van der Waals surface area contributed by atoms with E-state index in [0.29, 0.717) is 24.6 Å². The van der Waals surface area contributed by atoms with Gasteiger partial charge in [0, 0.05) is 25.6 Å². The average Bonchev–Trinajstić information content (AvgIpc) is 3.34. The third-order valence-electron chi connectivity index (χ3n) is 5.99. The Morgan fingerprint density at radius 2 is 1.68 bits per heavy atom. The lowest BCUT2D eigenvalue weighted by Crippen LogP contribution is -2.37. The Labute approximate surface area is 236 Å². The van der Waals surface area contributed by atoms with Gasteiger partial charge in [0.1, 0.15) is 11.5 Å². The number of likely N-dealkylation sites (N-methyl/N-ethyl adjacent to an activating group) is 1. The zero-order valence-electron chi connectivity index (χ0n) is 24.5. The molecule has 3 rings (SSSR count). The number of aromatic nitrogens is 2. The van der Waals surface area contributed by atoms with Gasteiger partial charge >= 0.3 is 0 Å². The number of benzene rings is 1. The molecule has 3 aromatic rings. The topological polar surface area (TPSA) is 119 Å². The van der Waals surface area contributed by atoms with E-state index in [9.17, 15) is 9.59 Å². The van der Waals surface area contributed by atoms with Gasteiger partial charge in [-0.1, -0.05) is 43.9 Å². The summed E-state index contributed by atoms with van der Waals surface area (Å²) in [6, 6.07) is 11.3. The van der Waals surface area contributed by atoms with Crippen LogP contribution in [0.15, 0.2) is 40.8 Å². The molecule has 0 aliphatic carbocycles. The van der Waals surface area contributed by atoms with Crippen LogP contribution in [0.5, 0.6) is 23.5 Å². The molecule has 0 saturated heterocycles. The predicted octanol–water partition coefficient (Wildman–Crippen LogP) is 3.91. The number of furan rings is 1. The third kappa shape index (κ3) is 8.05. The quantitative estimate of drug-likeness (QED) is 0.306. The van der Waals surface area contributed by atoms with E-state index in [4.69, 9.17) is 18.6 Å². The van der Waals surface area contributed by atoms with Crippen LogP contribution in [0, 0.1) is 0 Å². The molecule has 2 heterocycles. The van der Waals surface area contributed by atoms with Crippen molar-refractivity contribution in [3.63, 3.8) is 0 Å². The molecular weight excluding hydrogens is 530 g/mol. The Kier molecular flexibility index (Phi) is 10.3. The third-order valence-corrected chi connectivity index (χ3v) is 8.03. The number of carbonyl (C=O) groups excluding carboxylic acids is 2. The molecule has 2 amide bonds. The number of ether oxygens (including phenoxy) is 3. The summed E-state index contributed by atoms with van der Waals surface area (Å²) in [5.74, 6) is 1.10. The second-order valence-electron chi connectivity index (χ2n) is 10.4. The molecule has 12 heteroatoms. The highest BCUT2D eigenvalue weighted by Gasteiger charge is 2.25. The predicted molar refractivity (Wildman–Crippen MR) is 157 cm³/mol. The largest absolute Gasteiger partial charge is 0.479 e. The molecule has 0 bridgehead atoms. The molecule has 40 heavy (non-hydrogen) atoms. The Morgan fingerprint density at radius 1 is 1.00 bits per heavy atom. The van der Waals surface area contributed by atoms with Crippen LogP contribution in [0.25, 0.3) is 0 Å². The lowest BCUT2D eigenvalue weighted by Gasteiger charge is -2.23. The van der Waals surface area contributed by atoms with Gasteiger partial charge in [-0.05, 0) is 32.3 Å². The van der Waals surface area contributed by atoms with Crippen molar-refractivity contribution < 1.29 is 28.2 Å². The van der Waals surface area contributed by atoms with E-state index >= 15 is 0 Å². The summed E-state index contributed by atoms with van der Waals surface area (Å²) in [5.41, 5.74) is 0.154. The number of hydrogen-bond acceptors (Lipinski definition) is 9. The molecule has 11 nitrogen and oxygen atoms in total. The minimum Gasteiger partial charge on any atom is -0.479 e. The fourth-order valence-electron chi connectivity index (χ4n) is 3.75. The first kappa shape index (κ1) is 30.6. The minimum atomic E-state index is -1.49. The van der Waals surface area contributed by atoms with Crippen LogP contribution < -0.4 is 29.6 Å². The molecule has 0 atom stereocenters. The standard InChI is InChI=1S/C28H39N5O6Si/c1-9-23(35)33(16-15-32(2)3)28-30-26(36-4)25(27(31-28)37-5)29-22(34)18-20-13-14-24(39-20)38-19-11-10-12-21(17-19)40(6,7)8/h10-14,17H,9,15-16,18H2,1-8H3,(H,29,34). The first-order chi connectivity index (χ1) is 18.9. The number of anilines is 2. The van der Waals surface area contributed by atoms with Crippen molar-refractivity contribution in [3.05, 3.63) is 42.2 Å². The SMILES string of the molecule is CCC(=O)N(CCN(C)C)c1nc(OC)c(NC(=O)Cc2ccc(Oc3cccc([Si](C)(C)C)c3)o2)c(OC)n1. The van der Waals surface area contributed by atoms with Crippen molar-refractivity contribution in [1.82, 2.24) is 14.9 Å². The normalized spacial score (nSPS) is 11.3. The van der Waals surface area contributed by atoms with Gasteiger partial charge in [0.2, 0.25) is 29.5 Å². The highest BCUT2D eigenvalue weighted by Crippen LogP contribution is 2.34. The van der Waals surface area contributed by atoms with E-state index in [1.165, 1.54) is 24.3 Å². The van der Waals surface area contributed by atoms with Crippen LogP contribution >= 0.6 is 0 Å². The van der Waals surface area contributed by atoms with Gasteiger partial charge in [-0.3, -0.25) is 14.5 Å². The molecule has 0 radical (unpaired) electrons. The van der Waals surface area contributed by atoms with Crippen LogP contribution in [0.1, 0.15) is 19.1 Å². The number of amides is 2. The van der Waals surface area contributed by atoms with E-state index in [0.717, 1.165) is 0 Å². The number of carbonyl (C=O) groups is 2. The Hall–Kier alpha value is -3.90. The molecule has 0 fully saturated rings. The van der Waals surface area contributed by atoms with Gasteiger partial charge in [0.05, 0.1) is 28.7 Å². The van der Waals surface area contributed by atoms with E-state index in [2.05, 4.69) is 41.0 Å². The molecule has 1 aromatic carbocycles. The van der Waals surface area contributed by atoms with E-state index < -0.39 is 14.0 Å². The highest BCUT2D eigenvalue weighted by atomic mass is 28.3. The summed E-state index contributed by atoms with van der Waals surface area (Å²) in [4.78, 5) is 37.8. The monoisotopic (exact) mass is 569 g/mol. The first-order valence-electron chi connectivity index (χ1n) is 13.1. The molecular formula is C28H39N5O6Si.